The van der Waals surface area contributed by atoms with Gasteiger partial charge >= 0.3 is 0 Å². The average molecular weight is 464 g/mol. The second-order valence-corrected chi connectivity index (χ2v) is 6.16. The molecule has 8 heteroatoms. The normalized spacial score (nSPS) is 10.9. The molecule has 0 aliphatic carbocycles. The van der Waals surface area contributed by atoms with E-state index in [1.807, 2.05) is 26.1 Å². The van der Waals surface area contributed by atoms with Crippen molar-refractivity contribution in [2.45, 2.75) is 26.9 Å². The molecule has 0 atom stereocenters. The number of guanidine groups is 1. The molecule has 2 rings (SSSR count). The zero-order valence-electron chi connectivity index (χ0n) is 13.9. The maximum absolute atomic E-state index is 13.8. The van der Waals surface area contributed by atoms with E-state index in [1.165, 1.54) is 10.9 Å². The molecular weight excluding hydrogens is 442 g/mol. The van der Waals surface area contributed by atoms with Gasteiger partial charge < -0.3 is 15.4 Å². The zero-order chi connectivity index (χ0) is 16.7. The smallest absolute Gasteiger partial charge is 0.191 e. The first-order valence-corrected chi connectivity index (χ1v) is 8.21. The topological polar surface area (TPSA) is 58.5 Å². The van der Waals surface area contributed by atoms with E-state index in [4.69, 9.17) is 4.74 Å². The minimum Gasteiger partial charge on any atom is -0.491 e. The number of nitrogens with zero attached hydrogens (tertiary/aromatic N) is 2. The number of benzene rings is 1. The predicted molar refractivity (Wildman–Crippen MR) is 107 cm³/mol. The van der Waals surface area contributed by atoms with Gasteiger partial charge in [-0.3, -0.25) is 4.99 Å². The van der Waals surface area contributed by atoms with Gasteiger partial charge in [0.15, 0.2) is 17.5 Å². The van der Waals surface area contributed by atoms with Crippen LogP contribution in [0.2, 0.25) is 0 Å². The van der Waals surface area contributed by atoms with Crippen LogP contribution in [0.3, 0.4) is 0 Å². The van der Waals surface area contributed by atoms with Gasteiger partial charge in [0.25, 0.3) is 0 Å². The van der Waals surface area contributed by atoms with E-state index in [-0.39, 0.29) is 35.5 Å². The first-order valence-electron chi connectivity index (χ1n) is 7.39. The van der Waals surface area contributed by atoms with Gasteiger partial charge in [0.2, 0.25) is 0 Å². The van der Waals surface area contributed by atoms with E-state index in [9.17, 15) is 4.39 Å². The molecule has 0 bridgehead atoms. The molecule has 0 spiro atoms. The van der Waals surface area contributed by atoms with Crippen molar-refractivity contribution in [2.75, 3.05) is 13.7 Å². The summed E-state index contributed by atoms with van der Waals surface area (Å²) >= 11 is 1.64. The molecular formula is C16H22FIN4OS. The lowest BCUT2D eigenvalue weighted by molar-refractivity contribution is 0.321. The average Bonchev–Trinajstić information content (AvgIpc) is 2.95. The number of aromatic nitrogens is 1. The minimum absolute atomic E-state index is 0. The third-order valence-corrected chi connectivity index (χ3v) is 3.97. The molecule has 0 radical (unpaired) electrons. The highest BCUT2D eigenvalue weighted by atomic mass is 127. The first-order chi connectivity index (χ1) is 11.1. The predicted octanol–water partition coefficient (Wildman–Crippen LogP) is 3.47. The minimum atomic E-state index is -0.354. The van der Waals surface area contributed by atoms with Gasteiger partial charge in [-0.05, 0) is 31.5 Å². The lowest BCUT2D eigenvalue weighted by atomic mass is 10.2. The number of halogens is 2. The molecule has 132 valence electrons. The first kappa shape index (κ1) is 20.6. The van der Waals surface area contributed by atoms with Gasteiger partial charge in [0.05, 0.1) is 13.2 Å². The summed E-state index contributed by atoms with van der Waals surface area (Å²) < 4.78 is 19.0. The summed E-state index contributed by atoms with van der Waals surface area (Å²) in [5, 5.41) is 7.33. The number of aliphatic imine (C=N–C) groups is 1. The van der Waals surface area contributed by atoms with E-state index in [1.54, 1.807) is 24.5 Å². The summed E-state index contributed by atoms with van der Waals surface area (Å²) in [5.41, 5.74) is 0.819. The van der Waals surface area contributed by atoms with Gasteiger partial charge in [0, 0.05) is 24.7 Å². The highest BCUT2D eigenvalue weighted by Crippen LogP contribution is 2.18. The SMILES string of the molecule is CCOc1ccc(CNC(=NC)NCc2ncc(C)s2)cc1F.I. The van der Waals surface area contributed by atoms with Gasteiger partial charge in [-0.25, -0.2) is 9.37 Å². The lowest BCUT2D eigenvalue weighted by Gasteiger charge is -2.12. The van der Waals surface area contributed by atoms with E-state index in [0.717, 1.165) is 10.6 Å². The Labute approximate surface area is 162 Å². The summed E-state index contributed by atoms with van der Waals surface area (Å²) in [5.74, 6) is 0.567. The highest BCUT2D eigenvalue weighted by Gasteiger charge is 2.06. The summed E-state index contributed by atoms with van der Waals surface area (Å²) in [7, 11) is 1.70. The van der Waals surface area contributed by atoms with E-state index in [2.05, 4.69) is 20.6 Å². The standard InChI is InChI=1S/C16H21FN4OS.HI/c1-4-22-14-6-5-12(7-13(14)17)9-20-16(18-3)21-10-15-19-8-11(2)23-15;/h5-8H,4,9-10H2,1-3H3,(H2,18,20,21);1H. The van der Waals surface area contributed by atoms with Crippen molar-refractivity contribution in [3.63, 3.8) is 0 Å². The maximum Gasteiger partial charge on any atom is 0.191 e. The number of rotatable bonds is 6. The fourth-order valence-electron chi connectivity index (χ4n) is 1.98. The molecule has 1 aromatic heterocycles. The molecule has 24 heavy (non-hydrogen) atoms. The van der Waals surface area contributed by atoms with Crippen molar-refractivity contribution in [1.82, 2.24) is 15.6 Å². The molecule has 1 aromatic carbocycles. The Kier molecular flexibility index (Phi) is 8.98. The Morgan fingerprint density at radius 3 is 2.67 bits per heavy atom. The number of hydrogen-bond donors (Lipinski definition) is 2. The van der Waals surface area contributed by atoms with Gasteiger partial charge in [-0.2, -0.15) is 0 Å². The van der Waals surface area contributed by atoms with Crippen LogP contribution in [-0.4, -0.2) is 24.6 Å². The Balaban J connectivity index is 0.00000288. The van der Waals surface area contributed by atoms with Gasteiger partial charge in [-0.1, -0.05) is 6.07 Å². The Morgan fingerprint density at radius 1 is 1.33 bits per heavy atom. The van der Waals surface area contributed by atoms with Crippen LogP contribution in [0.5, 0.6) is 5.75 Å². The highest BCUT2D eigenvalue weighted by molar-refractivity contribution is 14.0. The second kappa shape index (κ2) is 10.4. The largest absolute Gasteiger partial charge is 0.491 e. The molecule has 1 heterocycles. The van der Waals surface area contributed by atoms with Crippen molar-refractivity contribution in [1.29, 1.82) is 0 Å². The van der Waals surface area contributed by atoms with E-state index in [0.29, 0.717) is 25.7 Å². The summed E-state index contributed by atoms with van der Waals surface area (Å²) in [6.45, 7) is 5.38. The quantitative estimate of drug-likeness (QED) is 0.391. The number of aryl methyl sites for hydroxylation is 1. The number of ether oxygens (including phenoxy) is 1. The fraction of sp³-hybridized carbons (Fsp3) is 0.375. The molecule has 0 amide bonds. The number of thiazole rings is 1. The Bertz CT molecular complexity index is 678. The van der Waals surface area contributed by atoms with Crippen LogP contribution >= 0.6 is 35.3 Å². The van der Waals surface area contributed by atoms with Crippen molar-refractivity contribution in [2.24, 2.45) is 4.99 Å². The molecule has 0 aliphatic rings. The monoisotopic (exact) mass is 464 g/mol. The van der Waals surface area contributed by atoms with Crippen LogP contribution in [0.15, 0.2) is 29.4 Å². The second-order valence-electron chi connectivity index (χ2n) is 4.84. The number of nitrogens with one attached hydrogen (secondary N) is 2. The molecule has 2 N–H and O–H groups in total. The van der Waals surface area contributed by atoms with Crippen molar-refractivity contribution < 1.29 is 9.13 Å². The van der Waals surface area contributed by atoms with Gasteiger partial charge in [0.1, 0.15) is 5.01 Å². The summed E-state index contributed by atoms with van der Waals surface area (Å²) in [6, 6.07) is 4.94. The molecule has 0 fully saturated rings. The maximum atomic E-state index is 13.8. The van der Waals surface area contributed by atoms with Crippen LogP contribution < -0.4 is 15.4 Å². The van der Waals surface area contributed by atoms with Gasteiger partial charge in [-0.15, -0.1) is 35.3 Å². The van der Waals surface area contributed by atoms with Crippen LogP contribution in [0.1, 0.15) is 22.4 Å². The third kappa shape index (κ3) is 6.23. The van der Waals surface area contributed by atoms with Crippen LogP contribution in [0.4, 0.5) is 4.39 Å². The third-order valence-electron chi connectivity index (χ3n) is 3.06. The summed E-state index contributed by atoms with van der Waals surface area (Å²) in [6.07, 6.45) is 1.85. The van der Waals surface area contributed by atoms with Crippen molar-refractivity contribution >= 4 is 41.3 Å². The lowest BCUT2D eigenvalue weighted by Crippen LogP contribution is -2.36. The van der Waals surface area contributed by atoms with E-state index < -0.39 is 0 Å². The molecule has 5 nitrogen and oxygen atoms in total. The van der Waals surface area contributed by atoms with Crippen LogP contribution in [-0.2, 0) is 13.1 Å². The fourth-order valence-corrected chi connectivity index (χ4v) is 2.70. The molecule has 2 aromatic rings. The Morgan fingerprint density at radius 2 is 2.08 bits per heavy atom. The Hall–Kier alpha value is -1.42. The van der Waals surface area contributed by atoms with Crippen LogP contribution in [0.25, 0.3) is 0 Å². The van der Waals surface area contributed by atoms with E-state index >= 15 is 0 Å². The molecule has 0 aliphatic heterocycles. The number of hydrogen-bond acceptors (Lipinski definition) is 4. The molecule has 0 saturated carbocycles. The zero-order valence-corrected chi connectivity index (χ0v) is 17.1. The molecule has 0 saturated heterocycles. The van der Waals surface area contributed by atoms with Crippen molar-refractivity contribution in [3.05, 3.63) is 45.7 Å². The van der Waals surface area contributed by atoms with Crippen LogP contribution in [0, 0.1) is 12.7 Å². The van der Waals surface area contributed by atoms with Crippen molar-refractivity contribution in [3.8, 4) is 5.75 Å². The summed E-state index contributed by atoms with van der Waals surface area (Å²) in [4.78, 5) is 9.61. The molecule has 0 unspecified atom stereocenters.